The standard InChI is InChI=1S/C16H19N3O2/c1-11(2)9-19-10-17-14-15(19)12-5-3-4-6-13(12)18-16(14)21-8-7-20/h3-6,10-11,20H,7-9H2,1-2H3. The Kier molecular flexibility index (Phi) is 3.75. The third-order valence-corrected chi connectivity index (χ3v) is 3.31. The third kappa shape index (κ3) is 2.56. The number of nitrogens with zero attached hydrogens (tertiary/aromatic N) is 3. The van der Waals surface area contributed by atoms with E-state index in [0.717, 1.165) is 28.5 Å². The Morgan fingerprint density at radius 2 is 2.10 bits per heavy atom. The molecule has 1 aromatic carbocycles. The minimum absolute atomic E-state index is 0.0390. The van der Waals surface area contributed by atoms with Crippen LogP contribution in [-0.4, -0.2) is 32.9 Å². The number of imidazole rings is 1. The first-order chi connectivity index (χ1) is 10.2. The van der Waals surface area contributed by atoms with Crippen molar-refractivity contribution in [3.63, 3.8) is 0 Å². The van der Waals surface area contributed by atoms with Crippen LogP contribution in [0.2, 0.25) is 0 Å². The average molecular weight is 285 g/mol. The molecule has 5 nitrogen and oxygen atoms in total. The minimum Gasteiger partial charge on any atom is -0.474 e. The topological polar surface area (TPSA) is 60.2 Å². The molecule has 2 heterocycles. The van der Waals surface area contributed by atoms with Crippen LogP contribution in [0.5, 0.6) is 5.88 Å². The van der Waals surface area contributed by atoms with Crippen molar-refractivity contribution in [2.45, 2.75) is 20.4 Å². The van der Waals surface area contributed by atoms with Crippen molar-refractivity contribution in [2.75, 3.05) is 13.2 Å². The van der Waals surface area contributed by atoms with Gasteiger partial charge < -0.3 is 14.4 Å². The van der Waals surface area contributed by atoms with Gasteiger partial charge in [-0.1, -0.05) is 32.0 Å². The van der Waals surface area contributed by atoms with Gasteiger partial charge in [-0.2, -0.15) is 0 Å². The zero-order chi connectivity index (χ0) is 14.8. The molecule has 3 rings (SSSR count). The molecule has 2 aromatic heterocycles. The van der Waals surface area contributed by atoms with Crippen LogP contribution in [-0.2, 0) is 6.54 Å². The summed E-state index contributed by atoms with van der Waals surface area (Å²) in [7, 11) is 0. The van der Waals surface area contributed by atoms with Gasteiger partial charge in [0.25, 0.3) is 0 Å². The first-order valence-corrected chi connectivity index (χ1v) is 7.18. The maximum absolute atomic E-state index is 8.96. The molecule has 0 unspecified atom stereocenters. The molecule has 5 heteroatoms. The van der Waals surface area contributed by atoms with Gasteiger partial charge in [0.15, 0.2) is 5.52 Å². The normalized spacial score (nSPS) is 11.6. The van der Waals surface area contributed by atoms with Gasteiger partial charge in [0.1, 0.15) is 6.61 Å². The van der Waals surface area contributed by atoms with Gasteiger partial charge >= 0.3 is 0 Å². The molecule has 21 heavy (non-hydrogen) atoms. The number of aliphatic hydroxyl groups excluding tert-OH is 1. The number of fused-ring (bicyclic) bond motifs is 3. The molecule has 0 bridgehead atoms. The fourth-order valence-electron chi connectivity index (χ4n) is 2.53. The van der Waals surface area contributed by atoms with Crippen molar-refractivity contribution in [3.8, 4) is 5.88 Å². The zero-order valence-electron chi connectivity index (χ0n) is 12.3. The van der Waals surface area contributed by atoms with E-state index in [1.807, 2.05) is 24.5 Å². The first-order valence-electron chi connectivity index (χ1n) is 7.18. The first kappa shape index (κ1) is 13.8. The molecule has 0 aliphatic rings. The maximum Gasteiger partial charge on any atom is 0.242 e. The molecule has 0 saturated carbocycles. The van der Waals surface area contributed by atoms with Crippen LogP contribution in [0.3, 0.4) is 0 Å². The summed E-state index contributed by atoms with van der Waals surface area (Å²) in [5.41, 5.74) is 2.67. The van der Waals surface area contributed by atoms with Gasteiger partial charge in [-0.05, 0) is 12.0 Å². The van der Waals surface area contributed by atoms with Crippen molar-refractivity contribution in [1.29, 1.82) is 0 Å². The predicted octanol–water partition coefficient (Wildman–Crippen LogP) is 2.61. The van der Waals surface area contributed by atoms with E-state index in [2.05, 4.69) is 34.4 Å². The summed E-state index contributed by atoms with van der Waals surface area (Å²) in [6.07, 6.45) is 1.84. The lowest BCUT2D eigenvalue weighted by Gasteiger charge is -2.11. The molecular weight excluding hydrogens is 266 g/mol. The molecule has 0 fully saturated rings. The summed E-state index contributed by atoms with van der Waals surface area (Å²) >= 11 is 0. The molecule has 0 radical (unpaired) electrons. The molecule has 110 valence electrons. The van der Waals surface area contributed by atoms with E-state index >= 15 is 0 Å². The lowest BCUT2D eigenvalue weighted by molar-refractivity contribution is 0.198. The second kappa shape index (κ2) is 5.69. The van der Waals surface area contributed by atoms with Gasteiger partial charge in [-0.15, -0.1) is 0 Å². The second-order valence-electron chi connectivity index (χ2n) is 5.49. The SMILES string of the molecule is CC(C)Cn1cnc2c(OCCO)nc3ccccc3c21. The number of benzene rings is 1. The Morgan fingerprint density at radius 1 is 1.29 bits per heavy atom. The Labute approximate surface area is 123 Å². The zero-order valence-corrected chi connectivity index (χ0v) is 12.3. The summed E-state index contributed by atoms with van der Waals surface area (Å²) in [5, 5.41) is 10.0. The van der Waals surface area contributed by atoms with Crippen molar-refractivity contribution in [1.82, 2.24) is 14.5 Å². The monoisotopic (exact) mass is 285 g/mol. The van der Waals surface area contributed by atoms with Crippen LogP contribution in [0.25, 0.3) is 21.9 Å². The summed E-state index contributed by atoms with van der Waals surface area (Å²) in [6, 6.07) is 7.98. The van der Waals surface area contributed by atoms with E-state index in [-0.39, 0.29) is 13.2 Å². The van der Waals surface area contributed by atoms with E-state index < -0.39 is 0 Å². The summed E-state index contributed by atoms with van der Waals surface area (Å²) in [4.78, 5) is 8.99. The smallest absolute Gasteiger partial charge is 0.242 e. The minimum atomic E-state index is -0.0390. The van der Waals surface area contributed by atoms with Crippen LogP contribution in [0.4, 0.5) is 0 Å². The van der Waals surface area contributed by atoms with E-state index in [1.54, 1.807) is 0 Å². The fraction of sp³-hybridized carbons (Fsp3) is 0.375. The lowest BCUT2D eigenvalue weighted by atomic mass is 10.1. The lowest BCUT2D eigenvalue weighted by Crippen LogP contribution is -2.05. The third-order valence-electron chi connectivity index (χ3n) is 3.31. The molecule has 0 saturated heterocycles. The number of para-hydroxylation sites is 1. The Hall–Kier alpha value is -2.14. The van der Waals surface area contributed by atoms with E-state index in [9.17, 15) is 0 Å². The number of ether oxygens (including phenoxy) is 1. The maximum atomic E-state index is 8.96. The molecule has 0 spiro atoms. The highest BCUT2D eigenvalue weighted by atomic mass is 16.5. The fourth-order valence-corrected chi connectivity index (χ4v) is 2.53. The van der Waals surface area contributed by atoms with Gasteiger partial charge in [0, 0.05) is 11.9 Å². The van der Waals surface area contributed by atoms with Crippen LogP contribution < -0.4 is 4.74 Å². The Morgan fingerprint density at radius 3 is 2.86 bits per heavy atom. The van der Waals surface area contributed by atoms with E-state index in [4.69, 9.17) is 9.84 Å². The molecule has 0 amide bonds. The highest BCUT2D eigenvalue weighted by Gasteiger charge is 2.15. The number of pyridine rings is 1. The highest BCUT2D eigenvalue weighted by molar-refractivity contribution is 6.04. The van der Waals surface area contributed by atoms with Gasteiger partial charge in [0.2, 0.25) is 5.88 Å². The molecule has 0 aliphatic carbocycles. The number of hydrogen-bond acceptors (Lipinski definition) is 4. The summed E-state index contributed by atoms with van der Waals surface area (Å²) < 4.78 is 7.71. The summed E-state index contributed by atoms with van der Waals surface area (Å²) in [6.45, 7) is 5.43. The molecule has 3 aromatic rings. The number of aromatic nitrogens is 3. The van der Waals surface area contributed by atoms with Crippen LogP contribution in [0.15, 0.2) is 30.6 Å². The largest absolute Gasteiger partial charge is 0.474 e. The van der Waals surface area contributed by atoms with Crippen LogP contribution in [0, 0.1) is 5.92 Å². The molecular formula is C16H19N3O2. The van der Waals surface area contributed by atoms with Crippen LogP contribution in [0.1, 0.15) is 13.8 Å². The van der Waals surface area contributed by atoms with Gasteiger partial charge in [-0.25, -0.2) is 9.97 Å². The quantitative estimate of drug-likeness (QED) is 0.783. The number of hydrogen-bond donors (Lipinski definition) is 1. The number of aliphatic hydroxyl groups is 1. The Balaban J connectivity index is 2.25. The van der Waals surface area contributed by atoms with Crippen molar-refractivity contribution in [2.24, 2.45) is 5.92 Å². The van der Waals surface area contributed by atoms with Gasteiger partial charge in [0.05, 0.1) is 24.0 Å². The van der Waals surface area contributed by atoms with Crippen molar-refractivity contribution < 1.29 is 9.84 Å². The van der Waals surface area contributed by atoms with E-state index in [1.165, 1.54) is 0 Å². The van der Waals surface area contributed by atoms with Crippen molar-refractivity contribution in [3.05, 3.63) is 30.6 Å². The number of rotatable bonds is 5. The average Bonchev–Trinajstić information content (AvgIpc) is 2.88. The van der Waals surface area contributed by atoms with Crippen LogP contribution >= 0.6 is 0 Å². The highest BCUT2D eigenvalue weighted by Crippen LogP contribution is 2.30. The van der Waals surface area contributed by atoms with E-state index in [0.29, 0.717) is 11.8 Å². The Bertz CT molecular complexity index is 765. The second-order valence-corrected chi connectivity index (χ2v) is 5.49. The molecule has 1 N–H and O–H groups in total. The molecule has 0 aliphatic heterocycles. The van der Waals surface area contributed by atoms with Crippen molar-refractivity contribution >= 4 is 21.9 Å². The predicted molar refractivity (Wildman–Crippen MR) is 82.5 cm³/mol. The summed E-state index contributed by atoms with van der Waals surface area (Å²) in [5.74, 6) is 1.01. The molecule has 0 atom stereocenters. The van der Waals surface area contributed by atoms with Gasteiger partial charge in [-0.3, -0.25) is 0 Å².